The zero-order valence-corrected chi connectivity index (χ0v) is 16.4. The van der Waals surface area contributed by atoms with Crippen molar-refractivity contribution in [2.24, 2.45) is 0 Å². The minimum Gasteiger partial charge on any atom is -0.769 e. The normalized spacial score (nSPS) is 16.1. The molecule has 1 N–H and O–H groups in total. The Balaban J connectivity index is 0.00000361. The molecule has 0 aliphatic heterocycles. The molecule has 20 heavy (non-hydrogen) atoms. The van der Waals surface area contributed by atoms with Crippen molar-refractivity contribution in [3.05, 3.63) is 29.3 Å². The predicted octanol–water partition coefficient (Wildman–Crippen LogP) is 0.0640. The van der Waals surface area contributed by atoms with Gasteiger partial charge in [0.1, 0.15) is 5.75 Å². The van der Waals surface area contributed by atoms with Crippen LogP contribution in [-0.2, 0) is 25.4 Å². The van der Waals surface area contributed by atoms with Crippen molar-refractivity contribution in [3.63, 3.8) is 0 Å². The second-order valence-corrected chi connectivity index (χ2v) is 9.03. The Hall–Kier alpha value is 0.350. The maximum Gasteiger partial charge on any atom is 1.00 e. The van der Waals surface area contributed by atoms with E-state index >= 15 is 0 Å². The molecule has 0 aromatic heterocycles. The Kier molecular flexibility index (Phi) is 7.70. The summed E-state index contributed by atoms with van der Waals surface area (Å²) in [4.78, 5) is 0. The Morgan fingerprint density at radius 3 is 2.40 bits per heavy atom. The Bertz CT molecular complexity index is 548. The van der Waals surface area contributed by atoms with Crippen LogP contribution < -0.4 is 29.6 Å². The molecule has 0 amide bonds. The third-order valence-electron chi connectivity index (χ3n) is 3.20. The van der Waals surface area contributed by atoms with Crippen LogP contribution in [0.3, 0.4) is 0 Å². The van der Waals surface area contributed by atoms with Gasteiger partial charge in [0.05, 0.1) is 0 Å². The van der Waals surface area contributed by atoms with Gasteiger partial charge in [0, 0.05) is 5.75 Å². The molecule has 0 aliphatic carbocycles. The van der Waals surface area contributed by atoms with Crippen LogP contribution in [0.25, 0.3) is 0 Å². The summed E-state index contributed by atoms with van der Waals surface area (Å²) in [6, 6.07) is 5.47. The minimum absolute atomic E-state index is 0. The minimum atomic E-state index is -3.34. The predicted molar refractivity (Wildman–Crippen MR) is 81.0 cm³/mol. The first-order chi connectivity index (χ1) is 8.50. The van der Waals surface area contributed by atoms with Crippen LogP contribution in [0.15, 0.2) is 18.2 Å². The van der Waals surface area contributed by atoms with Crippen molar-refractivity contribution >= 4 is 20.0 Å². The van der Waals surface area contributed by atoms with Crippen molar-refractivity contribution in [2.75, 3.05) is 5.75 Å². The van der Waals surface area contributed by atoms with Gasteiger partial charge in [0.2, 0.25) is 0 Å². The van der Waals surface area contributed by atoms with Crippen molar-refractivity contribution in [2.45, 2.75) is 45.4 Å². The number of hydrogen-bond donors (Lipinski definition) is 1. The molecule has 0 radical (unpaired) electrons. The molecule has 0 saturated heterocycles. The van der Waals surface area contributed by atoms with Gasteiger partial charge >= 0.3 is 29.6 Å². The summed E-state index contributed by atoms with van der Waals surface area (Å²) in [5, 5.41) is 9.90. The molecule has 1 aromatic rings. The fourth-order valence-corrected chi connectivity index (χ4v) is 2.88. The third kappa shape index (κ3) is 6.41. The van der Waals surface area contributed by atoms with E-state index in [2.05, 4.69) is 11.2 Å². The van der Waals surface area contributed by atoms with E-state index in [4.69, 9.17) is 0 Å². The third-order valence-corrected chi connectivity index (χ3v) is 4.43. The molecule has 2 atom stereocenters. The Morgan fingerprint density at radius 1 is 1.40 bits per heavy atom. The molecule has 0 spiro atoms. The first-order valence-electron chi connectivity index (χ1n) is 6.27. The van der Waals surface area contributed by atoms with Crippen LogP contribution in [0.5, 0.6) is 5.75 Å². The van der Waals surface area contributed by atoms with Crippen molar-refractivity contribution in [1.29, 1.82) is 0 Å². The second kappa shape index (κ2) is 7.56. The van der Waals surface area contributed by atoms with Crippen molar-refractivity contribution in [3.8, 4) is 5.75 Å². The van der Waals surface area contributed by atoms with Crippen LogP contribution in [0.1, 0.15) is 51.2 Å². The van der Waals surface area contributed by atoms with E-state index in [9.17, 15) is 13.9 Å². The first kappa shape index (κ1) is 20.3. The van der Waals surface area contributed by atoms with Gasteiger partial charge < -0.3 is 9.66 Å². The summed E-state index contributed by atoms with van der Waals surface area (Å²) in [7, 11) is -3.34. The average Bonchev–Trinajstić information content (AvgIpc) is 2.24. The summed E-state index contributed by atoms with van der Waals surface area (Å²) >= 11 is 4.39. The maximum atomic E-state index is 11.0. The van der Waals surface area contributed by atoms with Gasteiger partial charge in [-0.05, 0) is 54.9 Å². The van der Waals surface area contributed by atoms with Gasteiger partial charge in [-0.3, -0.25) is 4.21 Å². The van der Waals surface area contributed by atoms with Crippen LogP contribution >= 0.6 is 0 Å². The molecular formula is C14H21NaO3S2. The van der Waals surface area contributed by atoms with E-state index in [0.717, 1.165) is 11.1 Å². The number of phenolic OH excluding ortho intramolecular Hbond substituents is 1. The fourth-order valence-electron chi connectivity index (χ4n) is 1.95. The maximum absolute atomic E-state index is 11.0. The first-order valence-corrected chi connectivity index (χ1v) is 8.85. The molecule has 0 fully saturated rings. The van der Waals surface area contributed by atoms with Gasteiger partial charge in [-0.15, -0.1) is 0 Å². The van der Waals surface area contributed by atoms with E-state index in [0.29, 0.717) is 6.42 Å². The SMILES string of the molecule is CC(CCS(=O)([O-])=S)c1ccc(O)c(C(C)(C)C)c1.[Na+]. The molecule has 6 heteroatoms. The average molecular weight is 324 g/mol. The van der Waals surface area contributed by atoms with E-state index in [1.54, 1.807) is 6.07 Å². The van der Waals surface area contributed by atoms with E-state index in [1.165, 1.54) is 0 Å². The van der Waals surface area contributed by atoms with Gasteiger partial charge in [-0.25, -0.2) is 0 Å². The summed E-state index contributed by atoms with van der Waals surface area (Å²) in [6.07, 6.45) is 0.500. The molecule has 3 nitrogen and oxygen atoms in total. The zero-order valence-electron chi connectivity index (χ0n) is 12.8. The number of aromatic hydroxyl groups is 1. The number of benzene rings is 1. The van der Waals surface area contributed by atoms with Crippen LogP contribution in [0.4, 0.5) is 0 Å². The summed E-state index contributed by atoms with van der Waals surface area (Å²) in [5.41, 5.74) is 1.75. The van der Waals surface area contributed by atoms with Crippen molar-refractivity contribution in [1.82, 2.24) is 0 Å². The summed E-state index contributed by atoms with van der Waals surface area (Å²) < 4.78 is 22.0. The Morgan fingerprint density at radius 2 is 1.95 bits per heavy atom. The molecule has 0 bridgehead atoms. The molecule has 0 heterocycles. The van der Waals surface area contributed by atoms with Gasteiger partial charge in [-0.2, -0.15) is 0 Å². The van der Waals surface area contributed by atoms with Gasteiger partial charge in [0.15, 0.2) is 0 Å². The van der Waals surface area contributed by atoms with Gasteiger partial charge in [-0.1, -0.05) is 39.8 Å². The monoisotopic (exact) mass is 324 g/mol. The second-order valence-electron chi connectivity index (χ2n) is 5.98. The number of phenols is 1. The number of hydrogen-bond acceptors (Lipinski definition) is 4. The van der Waals surface area contributed by atoms with Crippen LogP contribution in [0, 0.1) is 0 Å². The van der Waals surface area contributed by atoms with Crippen LogP contribution in [0.2, 0.25) is 0 Å². The molecule has 0 saturated carbocycles. The fraction of sp³-hybridized carbons (Fsp3) is 0.571. The van der Waals surface area contributed by atoms with E-state index in [1.807, 2.05) is 39.8 Å². The Labute approximate surface area is 149 Å². The molecule has 1 rings (SSSR count). The van der Waals surface area contributed by atoms with E-state index in [-0.39, 0.29) is 52.4 Å². The van der Waals surface area contributed by atoms with Crippen molar-refractivity contribution < 1.29 is 43.4 Å². The summed E-state index contributed by atoms with van der Waals surface area (Å²) in [5.74, 6) is 0.383. The zero-order chi connectivity index (χ0) is 14.8. The largest absolute Gasteiger partial charge is 1.00 e. The number of rotatable bonds is 4. The van der Waals surface area contributed by atoms with Gasteiger partial charge in [0.25, 0.3) is 0 Å². The molecule has 108 valence electrons. The molecule has 1 aromatic carbocycles. The topological polar surface area (TPSA) is 60.4 Å². The molecule has 0 aliphatic rings. The van der Waals surface area contributed by atoms with Crippen LogP contribution in [-0.4, -0.2) is 19.6 Å². The molecule has 2 unspecified atom stereocenters. The quantitative estimate of drug-likeness (QED) is 0.796. The smallest absolute Gasteiger partial charge is 0.769 e. The standard InChI is InChI=1S/C14H22O3S2.Na/c1-10(7-8-19(16,17)18)11-5-6-13(15)12(9-11)14(2,3)4;/h5-6,9-10,15H,7-8H2,1-4H3,(H,16,17,18);/q;+1/p-1. The molecular weight excluding hydrogens is 303 g/mol. The van der Waals surface area contributed by atoms with E-state index < -0.39 is 8.77 Å². The summed E-state index contributed by atoms with van der Waals surface area (Å²) in [6.45, 7) is 8.07.